The summed E-state index contributed by atoms with van der Waals surface area (Å²) in [5, 5.41) is 9.28. The Morgan fingerprint density at radius 3 is 2.50 bits per heavy atom. The van der Waals surface area contributed by atoms with Crippen molar-refractivity contribution in [3.05, 3.63) is 35.1 Å². The third kappa shape index (κ3) is 7.47. The van der Waals surface area contributed by atoms with Crippen molar-refractivity contribution < 1.29 is 9.18 Å². The highest BCUT2D eigenvalue weighted by atomic mass is 127. The van der Waals surface area contributed by atoms with Gasteiger partial charge in [0.25, 0.3) is 0 Å². The predicted octanol–water partition coefficient (Wildman–Crippen LogP) is 3.11. The van der Waals surface area contributed by atoms with Gasteiger partial charge in [0.05, 0.1) is 0 Å². The summed E-state index contributed by atoms with van der Waals surface area (Å²) in [4.78, 5) is 16.2. The van der Waals surface area contributed by atoms with Gasteiger partial charge in [-0.15, -0.1) is 24.0 Å². The first-order valence-corrected chi connectivity index (χ1v) is 9.07. The molecule has 0 aliphatic heterocycles. The number of carbonyl (C=O) groups excluding carboxylic acids is 1. The van der Waals surface area contributed by atoms with Gasteiger partial charge in [0.2, 0.25) is 5.91 Å². The molecule has 1 aromatic rings. The Labute approximate surface area is 172 Å². The van der Waals surface area contributed by atoms with Gasteiger partial charge in [-0.3, -0.25) is 9.79 Å². The number of nitrogens with zero attached hydrogens (tertiary/aromatic N) is 1. The maximum atomic E-state index is 13.5. The molecule has 1 aliphatic rings. The summed E-state index contributed by atoms with van der Waals surface area (Å²) >= 11 is 0. The molecule has 0 atom stereocenters. The van der Waals surface area contributed by atoms with Crippen LogP contribution in [0.4, 0.5) is 4.39 Å². The Balaban J connectivity index is 0.00000338. The Kier molecular flexibility index (Phi) is 10.5. The molecule has 5 nitrogen and oxygen atoms in total. The van der Waals surface area contributed by atoms with Crippen LogP contribution >= 0.6 is 24.0 Å². The van der Waals surface area contributed by atoms with E-state index in [1.807, 2.05) is 6.07 Å². The van der Waals surface area contributed by atoms with Crippen molar-refractivity contribution in [3.8, 4) is 0 Å². The van der Waals surface area contributed by atoms with Gasteiger partial charge >= 0.3 is 0 Å². The largest absolute Gasteiger partial charge is 0.355 e. The van der Waals surface area contributed by atoms with Crippen molar-refractivity contribution >= 4 is 35.8 Å². The van der Waals surface area contributed by atoms with Crippen LogP contribution in [0.5, 0.6) is 0 Å². The minimum Gasteiger partial charge on any atom is -0.355 e. The molecule has 2 rings (SSSR count). The van der Waals surface area contributed by atoms with Crippen LogP contribution < -0.4 is 16.0 Å². The molecule has 146 valence electrons. The van der Waals surface area contributed by atoms with Crippen LogP contribution in [0.2, 0.25) is 0 Å². The zero-order valence-electron chi connectivity index (χ0n) is 15.6. The van der Waals surface area contributed by atoms with Crippen molar-refractivity contribution in [2.24, 2.45) is 10.9 Å². The van der Waals surface area contributed by atoms with Gasteiger partial charge in [0.15, 0.2) is 5.96 Å². The molecule has 3 N–H and O–H groups in total. The number of rotatable bonds is 6. The quantitative estimate of drug-likeness (QED) is 0.256. The van der Waals surface area contributed by atoms with E-state index in [0.717, 1.165) is 31.2 Å². The first-order chi connectivity index (χ1) is 12.1. The number of hydrogen-bond donors (Lipinski definition) is 3. The summed E-state index contributed by atoms with van der Waals surface area (Å²) in [6.45, 7) is 3.40. The number of carbonyl (C=O) groups is 1. The summed E-state index contributed by atoms with van der Waals surface area (Å²) in [7, 11) is 1.69. The van der Waals surface area contributed by atoms with E-state index in [0.29, 0.717) is 31.2 Å². The van der Waals surface area contributed by atoms with E-state index >= 15 is 0 Å². The normalized spacial score (nSPS) is 15.1. The van der Waals surface area contributed by atoms with Crippen molar-refractivity contribution in [2.75, 3.05) is 20.1 Å². The molecule has 7 heteroatoms. The van der Waals surface area contributed by atoms with Crippen LogP contribution in [-0.2, 0) is 11.3 Å². The standard InChI is InChI=1S/C19H29FN4O.HI/c1-14-8-9-15(12-17(14)20)13-24-19(21-2)23-11-10-22-18(25)16-6-4-3-5-7-16;/h8-9,12,16H,3-7,10-11,13H2,1-2H3,(H,22,25)(H2,21,23,24);1H. The Bertz CT molecular complexity index is 603. The van der Waals surface area contributed by atoms with Crippen LogP contribution in [0.1, 0.15) is 43.2 Å². The Morgan fingerprint density at radius 2 is 1.85 bits per heavy atom. The minimum absolute atomic E-state index is 0. The molecule has 0 unspecified atom stereocenters. The van der Waals surface area contributed by atoms with Gasteiger partial charge < -0.3 is 16.0 Å². The zero-order chi connectivity index (χ0) is 18.1. The van der Waals surface area contributed by atoms with Crippen LogP contribution in [0, 0.1) is 18.7 Å². The molecular weight excluding hydrogens is 446 g/mol. The van der Waals surface area contributed by atoms with Crippen LogP contribution in [-0.4, -0.2) is 32.0 Å². The fourth-order valence-corrected chi connectivity index (χ4v) is 3.03. The second-order valence-electron chi connectivity index (χ2n) is 6.56. The predicted molar refractivity (Wildman–Crippen MR) is 114 cm³/mol. The zero-order valence-corrected chi connectivity index (χ0v) is 17.9. The molecule has 0 aromatic heterocycles. The fraction of sp³-hybridized carbons (Fsp3) is 0.579. The molecule has 1 aromatic carbocycles. The van der Waals surface area contributed by atoms with Gasteiger partial charge in [0.1, 0.15) is 5.82 Å². The van der Waals surface area contributed by atoms with Gasteiger partial charge in [-0.2, -0.15) is 0 Å². The lowest BCUT2D eigenvalue weighted by Crippen LogP contribution is -2.42. The third-order valence-corrected chi connectivity index (χ3v) is 4.61. The molecule has 26 heavy (non-hydrogen) atoms. The molecule has 0 spiro atoms. The third-order valence-electron chi connectivity index (χ3n) is 4.61. The van der Waals surface area contributed by atoms with Crippen LogP contribution in [0.3, 0.4) is 0 Å². The molecule has 1 saturated carbocycles. The molecule has 0 saturated heterocycles. The molecule has 0 radical (unpaired) electrons. The lowest BCUT2D eigenvalue weighted by atomic mass is 9.89. The minimum atomic E-state index is -0.201. The van der Waals surface area contributed by atoms with E-state index in [1.54, 1.807) is 20.0 Å². The molecular formula is C19H30FIN4O. The number of aryl methyl sites for hydroxylation is 1. The Hall–Kier alpha value is -1.38. The second-order valence-corrected chi connectivity index (χ2v) is 6.56. The van der Waals surface area contributed by atoms with Gasteiger partial charge in [-0.05, 0) is 37.0 Å². The second kappa shape index (κ2) is 12.1. The summed E-state index contributed by atoms with van der Waals surface area (Å²) in [5.41, 5.74) is 1.50. The number of hydrogen-bond acceptors (Lipinski definition) is 2. The summed E-state index contributed by atoms with van der Waals surface area (Å²) < 4.78 is 13.5. The van der Waals surface area contributed by atoms with Crippen molar-refractivity contribution in [1.29, 1.82) is 0 Å². The van der Waals surface area contributed by atoms with E-state index in [1.165, 1.54) is 12.5 Å². The first kappa shape index (κ1) is 22.7. The number of halogens is 2. The molecule has 1 amide bonds. The van der Waals surface area contributed by atoms with Gasteiger partial charge in [-0.25, -0.2) is 4.39 Å². The van der Waals surface area contributed by atoms with Gasteiger partial charge in [0, 0.05) is 32.6 Å². The highest BCUT2D eigenvalue weighted by Gasteiger charge is 2.20. The molecule has 1 aliphatic carbocycles. The van der Waals surface area contributed by atoms with E-state index in [9.17, 15) is 9.18 Å². The van der Waals surface area contributed by atoms with Crippen LogP contribution in [0.15, 0.2) is 23.2 Å². The summed E-state index contributed by atoms with van der Waals surface area (Å²) in [6, 6.07) is 5.19. The summed E-state index contributed by atoms with van der Waals surface area (Å²) in [5.74, 6) is 0.780. The van der Waals surface area contributed by atoms with E-state index in [4.69, 9.17) is 0 Å². The smallest absolute Gasteiger partial charge is 0.223 e. The number of guanidine groups is 1. The number of nitrogens with one attached hydrogen (secondary N) is 3. The number of amides is 1. The number of aliphatic imine (C=N–C) groups is 1. The maximum Gasteiger partial charge on any atom is 0.223 e. The van der Waals surface area contributed by atoms with Crippen LogP contribution in [0.25, 0.3) is 0 Å². The highest BCUT2D eigenvalue weighted by molar-refractivity contribution is 14.0. The van der Waals surface area contributed by atoms with Crippen molar-refractivity contribution in [1.82, 2.24) is 16.0 Å². The SMILES string of the molecule is CN=C(NCCNC(=O)C1CCCCC1)NCc1ccc(C)c(F)c1.I. The first-order valence-electron chi connectivity index (χ1n) is 9.07. The average molecular weight is 476 g/mol. The lowest BCUT2D eigenvalue weighted by Gasteiger charge is -2.21. The van der Waals surface area contributed by atoms with Gasteiger partial charge in [-0.1, -0.05) is 31.4 Å². The fourth-order valence-electron chi connectivity index (χ4n) is 3.03. The summed E-state index contributed by atoms with van der Waals surface area (Å²) in [6.07, 6.45) is 5.59. The van der Waals surface area contributed by atoms with Crippen molar-refractivity contribution in [2.45, 2.75) is 45.6 Å². The maximum absolute atomic E-state index is 13.5. The molecule has 0 heterocycles. The van der Waals surface area contributed by atoms with E-state index in [2.05, 4.69) is 20.9 Å². The lowest BCUT2D eigenvalue weighted by molar-refractivity contribution is -0.125. The Morgan fingerprint density at radius 1 is 1.15 bits per heavy atom. The molecule has 0 bridgehead atoms. The number of benzene rings is 1. The highest BCUT2D eigenvalue weighted by Crippen LogP contribution is 2.23. The monoisotopic (exact) mass is 476 g/mol. The molecule has 1 fully saturated rings. The topological polar surface area (TPSA) is 65.5 Å². The van der Waals surface area contributed by atoms with Crippen molar-refractivity contribution in [3.63, 3.8) is 0 Å². The van der Waals surface area contributed by atoms with E-state index in [-0.39, 0.29) is 41.6 Å². The average Bonchev–Trinajstić information content (AvgIpc) is 2.64. The van der Waals surface area contributed by atoms with E-state index < -0.39 is 0 Å².